The summed E-state index contributed by atoms with van der Waals surface area (Å²) in [6.45, 7) is 0. The molecule has 0 aliphatic heterocycles. The average molecular weight is 260 g/mol. The second-order valence-corrected chi connectivity index (χ2v) is 3.88. The summed E-state index contributed by atoms with van der Waals surface area (Å²) in [7, 11) is 1.41. The van der Waals surface area contributed by atoms with Crippen LogP contribution in [-0.4, -0.2) is 7.11 Å². The zero-order valence-electron chi connectivity index (χ0n) is 10.1. The number of methoxy groups -OCH3 is 1. The van der Waals surface area contributed by atoms with Gasteiger partial charge >= 0.3 is 0 Å². The number of hydrogen-bond donors (Lipinski definition) is 1. The van der Waals surface area contributed by atoms with Gasteiger partial charge in [-0.1, -0.05) is 0 Å². The van der Waals surface area contributed by atoms with Crippen molar-refractivity contribution < 1.29 is 13.5 Å². The highest BCUT2D eigenvalue weighted by Crippen LogP contribution is 2.34. The Balaban J connectivity index is 2.70. The van der Waals surface area contributed by atoms with Crippen molar-refractivity contribution >= 4 is 5.69 Å². The molecule has 0 atom stereocenters. The second-order valence-electron chi connectivity index (χ2n) is 3.88. The number of benzene rings is 2. The van der Waals surface area contributed by atoms with Gasteiger partial charge in [0.1, 0.15) is 17.4 Å². The predicted molar refractivity (Wildman–Crippen MR) is 67.5 cm³/mol. The monoisotopic (exact) mass is 260 g/mol. The number of ether oxygens (including phenoxy) is 1. The maximum Gasteiger partial charge on any atom is 0.146 e. The van der Waals surface area contributed by atoms with Crippen molar-refractivity contribution in [2.45, 2.75) is 0 Å². The molecule has 96 valence electrons. The Hall–Kier alpha value is -2.61. The SMILES string of the molecule is COc1ccc(C#N)cc1-c1cc(F)c(N)cc1F. The van der Waals surface area contributed by atoms with E-state index in [1.165, 1.54) is 25.3 Å². The minimum atomic E-state index is -0.721. The Morgan fingerprint density at radius 2 is 1.84 bits per heavy atom. The molecule has 2 N–H and O–H groups in total. The fraction of sp³-hybridized carbons (Fsp3) is 0.0714. The van der Waals surface area contributed by atoms with Gasteiger partial charge in [0, 0.05) is 17.2 Å². The number of nitrogen functional groups attached to an aromatic ring is 1. The number of nitrogens with zero attached hydrogens (tertiary/aromatic N) is 1. The van der Waals surface area contributed by atoms with Crippen LogP contribution in [0.25, 0.3) is 11.1 Å². The third kappa shape index (κ3) is 2.33. The van der Waals surface area contributed by atoms with Crippen LogP contribution in [0.1, 0.15) is 5.56 Å². The third-order valence-corrected chi connectivity index (χ3v) is 2.71. The number of hydrogen-bond acceptors (Lipinski definition) is 3. The van der Waals surface area contributed by atoms with Crippen molar-refractivity contribution in [1.29, 1.82) is 5.26 Å². The first-order chi connectivity index (χ1) is 9.06. The van der Waals surface area contributed by atoms with Gasteiger partial charge < -0.3 is 10.5 Å². The van der Waals surface area contributed by atoms with Crippen LogP contribution in [-0.2, 0) is 0 Å². The van der Waals surface area contributed by atoms with Crippen LogP contribution in [0, 0.1) is 23.0 Å². The lowest BCUT2D eigenvalue weighted by Gasteiger charge is -2.11. The Labute approximate surface area is 108 Å². The number of nitrogens with two attached hydrogens (primary N) is 1. The van der Waals surface area contributed by atoms with E-state index in [0.717, 1.165) is 12.1 Å². The van der Waals surface area contributed by atoms with E-state index >= 15 is 0 Å². The Kier molecular flexibility index (Phi) is 3.34. The first-order valence-corrected chi connectivity index (χ1v) is 5.40. The lowest BCUT2D eigenvalue weighted by atomic mass is 10.0. The summed E-state index contributed by atoms with van der Waals surface area (Å²) < 4.78 is 32.4. The molecule has 0 saturated heterocycles. The lowest BCUT2D eigenvalue weighted by Crippen LogP contribution is -1.96. The maximum absolute atomic E-state index is 13.9. The van der Waals surface area contributed by atoms with Crippen LogP contribution in [0.2, 0.25) is 0 Å². The van der Waals surface area contributed by atoms with Crippen LogP contribution >= 0.6 is 0 Å². The first kappa shape index (κ1) is 12.8. The molecular formula is C14H10F2N2O. The topological polar surface area (TPSA) is 59.0 Å². The summed E-state index contributed by atoms with van der Waals surface area (Å²) in [6, 6.07) is 8.34. The van der Waals surface area contributed by atoms with Crippen molar-refractivity contribution in [2.24, 2.45) is 0 Å². The Bertz CT molecular complexity index is 678. The van der Waals surface area contributed by atoms with E-state index < -0.39 is 11.6 Å². The highest BCUT2D eigenvalue weighted by Gasteiger charge is 2.14. The molecule has 5 heteroatoms. The van der Waals surface area contributed by atoms with Crippen molar-refractivity contribution in [2.75, 3.05) is 12.8 Å². The molecule has 0 amide bonds. The molecule has 19 heavy (non-hydrogen) atoms. The van der Waals surface area contributed by atoms with Gasteiger partial charge in [-0.15, -0.1) is 0 Å². The minimum Gasteiger partial charge on any atom is -0.496 e. The zero-order valence-corrected chi connectivity index (χ0v) is 10.1. The molecule has 2 rings (SSSR count). The van der Waals surface area contributed by atoms with Gasteiger partial charge in [0.2, 0.25) is 0 Å². The van der Waals surface area contributed by atoms with Gasteiger partial charge in [-0.25, -0.2) is 8.78 Å². The molecule has 0 spiro atoms. The van der Waals surface area contributed by atoms with Gasteiger partial charge in [0.05, 0.1) is 24.4 Å². The van der Waals surface area contributed by atoms with Crippen LogP contribution in [0.3, 0.4) is 0 Å². The molecule has 2 aromatic carbocycles. The predicted octanol–water partition coefficient (Wildman–Crippen LogP) is 3.09. The van der Waals surface area contributed by atoms with Crippen molar-refractivity contribution in [3.05, 3.63) is 47.5 Å². The highest BCUT2D eigenvalue weighted by atomic mass is 19.1. The number of nitriles is 1. The van der Waals surface area contributed by atoms with Crippen molar-refractivity contribution in [3.63, 3.8) is 0 Å². The molecule has 0 bridgehead atoms. The summed E-state index contributed by atoms with van der Waals surface area (Å²) in [6.07, 6.45) is 0. The van der Waals surface area contributed by atoms with Crippen molar-refractivity contribution in [1.82, 2.24) is 0 Å². The average Bonchev–Trinajstić information content (AvgIpc) is 2.42. The van der Waals surface area contributed by atoms with Crippen LogP contribution in [0.15, 0.2) is 30.3 Å². The molecular weight excluding hydrogens is 250 g/mol. The van der Waals surface area contributed by atoms with Crippen molar-refractivity contribution in [3.8, 4) is 22.9 Å². The molecule has 0 aromatic heterocycles. The van der Waals surface area contributed by atoms with Gasteiger partial charge in [-0.3, -0.25) is 0 Å². The maximum atomic E-state index is 13.9. The normalized spacial score (nSPS) is 10.0. The summed E-state index contributed by atoms with van der Waals surface area (Å²) in [5.41, 5.74) is 5.66. The largest absolute Gasteiger partial charge is 0.496 e. The van der Waals surface area contributed by atoms with Crippen LogP contribution < -0.4 is 10.5 Å². The standard InChI is InChI=1S/C14H10F2N2O/c1-19-14-3-2-8(7-17)4-10(14)9-5-12(16)13(18)6-11(9)15/h2-6H,18H2,1H3. The molecule has 2 aromatic rings. The molecule has 0 unspecified atom stereocenters. The highest BCUT2D eigenvalue weighted by molar-refractivity contribution is 5.74. The molecule has 0 aliphatic carbocycles. The molecule has 0 aliphatic rings. The van der Waals surface area contributed by atoms with Gasteiger partial charge in [-0.2, -0.15) is 5.26 Å². The smallest absolute Gasteiger partial charge is 0.146 e. The summed E-state index contributed by atoms with van der Waals surface area (Å²) >= 11 is 0. The van der Waals surface area contributed by atoms with Gasteiger partial charge in [-0.05, 0) is 24.3 Å². The number of halogens is 2. The van der Waals surface area contributed by atoms with E-state index in [1.807, 2.05) is 6.07 Å². The van der Waals surface area contributed by atoms with E-state index in [2.05, 4.69) is 0 Å². The summed E-state index contributed by atoms with van der Waals surface area (Å²) in [4.78, 5) is 0. The van der Waals surface area contributed by atoms with E-state index in [-0.39, 0.29) is 11.3 Å². The lowest BCUT2D eigenvalue weighted by molar-refractivity contribution is 0.416. The van der Waals surface area contributed by atoms with E-state index in [0.29, 0.717) is 16.9 Å². The van der Waals surface area contributed by atoms with E-state index in [9.17, 15) is 8.78 Å². The molecule has 0 saturated carbocycles. The number of anilines is 1. The van der Waals surface area contributed by atoms with E-state index in [1.54, 1.807) is 0 Å². The molecule has 0 heterocycles. The summed E-state index contributed by atoms with van der Waals surface area (Å²) in [5.74, 6) is -1.05. The molecule has 3 nitrogen and oxygen atoms in total. The first-order valence-electron chi connectivity index (χ1n) is 5.40. The summed E-state index contributed by atoms with van der Waals surface area (Å²) in [5, 5.41) is 8.86. The quantitative estimate of drug-likeness (QED) is 0.844. The van der Waals surface area contributed by atoms with Gasteiger partial charge in [0.15, 0.2) is 0 Å². The number of rotatable bonds is 2. The Morgan fingerprint density at radius 3 is 2.47 bits per heavy atom. The van der Waals surface area contributed by atoms with Crippen LogP contribution in [0.5, 0.6) is 5.75 Å². The molecule has 0 radical (unpaired) electrons. The zero-order chi connectivity index (χ0) is 14.0. The minimum absolute atomic E-state index is 0.000602. The van der Waals surface area contributed by atoms with E-state index in [4.69, 9.17) is 15.7 Å². The molecule has 0 fully saturated rings. The van der Waals surface area contributed by atoms with Crippen LogP contribution in [0.4, 0.5) is 14.5 Å². The fourth-order valence-corrected chi connectivity index (χ4v) is 1.76. The Morgan fingerprint density at radius 1 is 1.11 bits per heavy atom. The third-order valence-electron chi connectivity index (χ3n) is 2.71. The fourth-order valence-electron chi connectivity index (χ4n) is 1.76. The van der Waals surface area contributed by atoms with Gasteiger partial charge in [0.25, 0.3) is 0 Å². The second kappa shape index (κ2) is 4.94.